The fourth-order valence-electron chi connectivity index (χ4n) is 2.30. The van der Waals surface area contributed by atoms with Gasteiger partial charge in [0.05, 0.1) is 11.8 Å². The molecule has 1 N–H and O–H groups in total. The first-order chi connectivity index (χ1) is 11.4. The molecule has 0 aromatic heterocycles. The van der Waals surface area contributed by atoms with E-state index in [-0.39, 0.29) is 22.1 Å². The number of ether oxygens (including phenoxy) is 2. The molecular formula is C15H15NO6S2. The van der Waals surface area contributed by atoms with E-state index in [1.807, 2.05) is 0 Å². The number of benzene rings is 1. The first-order valence-corrected chi connectivity index (χ1v) is 9.54. The predicted octanol–water partition coefficient (Wildman–Crippen LogP) is 1.16. The van der Waals surface area contributed by atoms with Gasteiger partial charge in [0, 0.05) is 22.0 Å². The van der Waals surface area contributed by atoms with Crippen LogP contribution in [0, 0.1) is 0 Å². The Bertz CT molecular complexity index is 743. The first-order valence-electron chi connectivity index (χ1n) is 7.10. The SMILES string of the molecule is C[C@H](O)OC(=O)C1=C(Oc2ccc(S(C)=O)cc2)S[C@H]2CC(=O)N12. The lowest BCUT2D eigenvalue weighted by Crippen LogP contribution is -2.48. The van der Waals surface area contributed by atoms with Gasteiger partial charge in [-0.15, -0.1) is 0 Å². The molecule has 1 fully saturated rings. The van der Waals surface area contributed by atoms with Gasteiger partial charge in [0.1, 0.15) is 5.75 Å². The van der Waals surface area contributed by atoms with Crippen molar-refractivity contribution >= 4 is 34.4 Å². The van der Waals surface area contributed by atoms with Crippen molar-refractivity contribution in [2.75, 3.05) is 6.26 Å². The molecule has 0 spiro atoms. The van der Waals surface area contributed by atoms with E-state index >= 15 is 0 Å². The molecule has 0 saturated carbocycles. The smallest absolute Gasteiger partial charge is 0.361 e. The third kappa shape index (κ3) is 3.19. The van der Waals surface area contributed by atoms with Crippen LogP contribution in [0.15, 0.2) is 39.9 Å². The van der Waals surface area contributed by atoms with Gasteiger partial charge in [-0.3, -0.25) is 13.9 Å². The van der Waals surface area contributed by atoms with Gasteiger partial charge in [-0.1, -0.05) is 11.8 Å². The molecule has 9 heteroatoms. The monoisotopic (exact) mass is 369 g/mol. The Hall–Kier alpha value is -1.84. The summed E-state index contributed by atoms with van der Waals surface area (Å²) in [6.45, 7) is 1.31. The second kappa shape index (κ2) is 6.58. The Labute approximate surface area is 145 Å². The van der Waals surface area contributed by atoms with Gasteiger partial charge < -0.3 is 14.6 Å². The van der Waals surface area contributed by atoms with Crippen LogP contribution in [0.2, 0.25) is 0 Å². The van der Waals surface area contributed by atoms with Gasteiger partial charge in [0.15, 0.2) is 17.1 Å². The van der Waals surface area contributed by atoms with Crippen LogP contribution in [0.1, 0.15) is 13.3 Å². The Morgan fingerprint density at radius 1 is 1.42 bits per heavy atom. The number of carbonyl (C=O) groups excluding carboxylic acids is 2. The third-order valence-electron chi connectivity index (χ3n) is 3.42. The normalized spacial score (nSPS) is 21.9. The minimum atomic E-state index is -1.29. The molecule has 7 nitrogen and oxygen atoms in total. The standard InChI is InChI=1S/C15H15NO6S2/c1-8(17)21-14(19)13-15(23-12-7-11(18)16(12)13)22-9-3-5-10(6-4-9)24(2)20/h3-6,8,12,17H,7H2,1-2H3/t8-,12+,24?/m1/s1. The number of amides is 1. The van der Waals surface area contributed by atoms with Gasteiger partial charge in [-0.2, -0.15) is 0 Å². The Morgan fingerprint density at radius 3 is 2.62 bits per heavy atom. The van der Waals surface area contributed by atoms with Crippen LogP contribution in [0.4, 0.5) is 0 Å². The molecule has 1 aromatic rings. The number of β-lactam (4-membered cyclic amide) rings is 1. The molecule has 0 bridgehead atoms. The minimum absolute atomic E-state index is 0.00490. The van der Waals surface area contributed by atoms with Gasteiger partial charge in [-0.25, -0.2) is 4.79 Å². The molecule has 3 rings (SSSR count). The van der Waals surface area contributed by atoms with Crippen molar-refractivity contribution in [2.45, 2.75) is 29.9 Å². The molecule has 2 aliphatic rings. The number of hydrogen-bond acceptors (Lipinski definition) is 7. The summed E-state index contributed by atoms with van der Waals surface area (Å²) in [4.78, 5) is 25.9. The van der Waals surface area contributed by atoms with E-state index in [1.165, 1.54) is 23.6 Å². The lowest BCUT2D eigenvalue weighted by atomic mass is 10.2. The molecule has 1 unspecified atom stereocenters. The Kier molecular flexibility index (Phi) is 4.66. The van der Waals surface area contributed by atoms with E-state index in [1.54, 1.807) is 30.5 Å². The van der Waals surface area contributed by atoms with E-state index < -0.39 is 23.1 Å². The summed E-state index contributed by atoms with van der Waals surface area (Å²) in [6, 6.07) is 6.61. The predicted molar refractivity (Wildman–Crippen MR) is 87.0 cm³/mol. The zero-order chi connectivity index (χ0) is 17.4. The zero-order valence-corrected chi connectivity index (χ0v) is 14.6. The van der Waals surface area contributed by atoms with Crippen molar-refractivity contribution in [3.8, 4) is 5.75 Å². The van der Waals surface area contributed by atoms with Crippen molar-refractivity contribution in [1.29, 1.82) is 0 Å². The number of rotatable bonds is 5. The topological polar surface area (TPSA) is 93.1 Å². The number of nitrogens with zero attached hydrogens (tertiary/aromatic N) is 1. The number of fused-ring (bicyclic) bond motifs is 1. The number of thioether (sulfide) groups is 1. The molecule has 1 aromatic carbocycles. The van der Waals surface area contributed by atoms with Crippen LogP contribution in [0.5, 0.6) is 5.75 Å². The lowest BCUT2D eigenvalue weighted by molar-refractivity contribution is -0.165. The fourth-order valence-corrected chi connectivity index (χ4v) is 4.06. The highest BCUT2D eigenvalue weighted by atomic mass is 32.2. The van der Waals surface area contributed by atoms with Crippen LogP contribution < -0.4 is 4.74 Å². The Morgan fingerprint density at radius 2 is 2.08 bits per heavy atom. The van der Waals surface area contributed by atoms with Crippen molar-refractivity contribution < 1.29 is 28.4 Å². The highest BCUT2D eigenvalue weighted by Crippen LogP contribution is 2.47. The largest absolute Gasteiger partial charge is 0.448 e. The van der Waals surface area contributed by atoms with Crippen molar-refractivity contribution in [3.05, 3.63) is 35.1 Å². The van der Waals surface area contributed by atoms with Crippen molar-refractivity contribution in [2.24, 2.45) is 0 Å². The van der Waals surface area contributed by atoms with E-state index in [2.05, 4.69) is 0 Å². The summed E-state index contributed by atoms with van der Waals surface area (Å²) in [7, 11) is -1.10. The van der Waals surface area contributed by atoms with Crippen molar-refractivity contribution in [1.82, 2.24) is 4.90 Å². The summed E-state index contributed by atoms with van der Waals surface area (Å²) in [5, 5.41) is 9.30. The van der Waals surface area contributed by atoms with E-state index in [0.717, 1.165) is 0 Å². The fraction of sp³-hybridized carbons (Fsp3) is 0.333. The Balaban J connectivity index is 1.86. The van der Waals surface area contributed by atoms with Gasteiger partial charge in [-0.05, 0) is 31.2 Å². The van der Waals surface area contributed by atoms with Crippen LogP contribution in [-0.4, -0.2) is 44.0 Å². The summed E-state index contributed by atoms with van der Waals surface area (Å²) in [5.74, 6) is -0.557. The maximum atomic E-state index is 12.2. The first kappa shape index (κ1) is 17.0. The quantitative estimate of drug-likeness (QED) is 0.473. The van der Waals surface area contributed by atoms with Gasteiger partial charge in [0.2, 0.25) is 5.91 Å². The van der Waals surface area contributed by atoms with E-state index in [4.69, 9.17) is 9.47 Å². The average Bonchev–Trinajstić information content (AvgIpc) is 2.79. The molecule has 0 radical (unpaired) electrons. The highest BCUT2D eigenvalue weighted by molar-refractivity contribution is 8.03. The number of aliphatic hydroxyl groups excluding tert-OH is 1. The van der Waals surface area contributed by atoms with Crippen LogP contribution in [0.25, 0.3) is 0 Å². The molecule has 1 amide bonds. The second-order valence-electron chi connectivity index (χ2n) is 5.21. The molecule has 2 aliphatic heterocycles. The van der Waals surface area contributed by atoms with Crippen LogP contribution >= 0.6 is 11.8 Å². The minimum Gasteiger partial charge on any atom is -0.448 e. The number of aliphatic hydroxyl groups is 1. The molecule has 3 atom stereocenters. The number of carbonyl (C=O) groups is 2. The van der Waals surface area contributed by atoms with Crippen molar-refractivity contribution in [3.63, 3.8) is 0 Å². The van der Waals surface area contributed by atoms with Crippen LogP contribution in [0.3, 0.4) is 0 Å². The summed E-state index contributed by atoms with van der Waals surface area (Å²) >= 11 is 1.25. The molecular weight excluding hydrogens is 354 g/mol. The molecule has 0 aliphatic carbocycles. The lowest BCUT2D eigenvalue weighted by Gasteiger charge is -2.33. The summed E-state index contributed by atoms with van der Waals surface area (Å²) in [5.41, 5.74) is 0.00490. The van der Waals surface area contributed by atoms with E-state index in [0.29, 0.717) is 17.1 Å². The maximum absolute atomic E-state index is 12.2. The number of hydrogen-bond donors (Lipinski definition) is 1. The van der Waals surface area contributed by atoms with Gasteiger partial charge >= 0.3 is 5.97 Å². The van der Waals surface area contributed by atoms with Crippen LogP contribution in [-0.2, 0) is 25.1 Å². The zero-order valence-electron chi connectivity index (χ0n) is 12.9. The molecule has 24 heavy (non-hydrogen) atoms. The molecule has 128 valence electrons. The highest BCUT2D eigenvalue weighted by Gasteiger charge is 2.50. The number of esters is 1. The molecule has 2 heterocycles. The summed E-state index contributed by atoms with van der Waals surface area (Å²) < 4.78 is 21.9. The molecule has 1 saturated heterocycles. The van der Waals surface area contributed by atoms with E-state index in [9.17, 15) is 18.9 Å². The second-order valence-corrected chi connectivity index (χ2v) is 7.74. The maximum Gasteiger partial charge on any atom is 0.361 e. The third-order valence-corrected chi connectivity index (χ3v) is 5.50. The summed E-state index contributed by atoms with van der Waals surface area (Å²) in [6.07, 6.45) is 0.605. The van der Waals surface area contributed by atoms with Gasteiger partial charge in [0.25, 0.3) is 0 Å². The average molecular weight is 369 g/mol.